The topological polar surface area (TPSA) is 118 Å². The van der Waals surface area contributed by atoms with Gasteiger partial charge in [-0.1, -0.05) is 6.07 Å². The molecule has 9 heteroatoms. The third kappa shape index (κ3) is 4.54. The van der Waals surface area contributed by atoms with Crippen LogP contribution in [0.5, 0.6) is 0 Å². The molecule has 8 nitrogen and oxygen atoms in total. The minimum atomic E-state index is -3.56. The number of rotatable bonds is 6. The van der Waals surface area contributed by atoms with Gasteiger partial charge in [0.2, 0.25) is 0 Å². The molecule has 2 rings (SSSR count). The lowest BCUT2D eigenvalue weighted by atomic mass is 10.1. The van der Waals surface area contributed by atoms with Crippen molar-refractivity contribution in [3.05, 3.63) is 58.1 Å². The van der Waals surface area contributed by atoms with Crippen LogP contribution in [0.4, 0.5) is 17.1 Å². The summed E-state index contributed by atoms with van der Waals surface area (Å²) in [5.74, 6) is -0.256. The molecule has 0 atom stereocenters. The minimum Gasteiger partial charge on any atom is -0.352 e. The van der Waals surface area contributed by atoms with E-state index in [2.05, 4.69) is 10.6 Å². The Morgan fingerprint density at radius 2 is 1.92 bits per heavy atom. The zero-order chi connectivity index (χ0) is 18.6. The summed E-state index contributed by atoms with van der Waals surface area (Å²) in [6.45, 7) is 2.28. The molecule has 2 aromatic rings. The van der Waals surface area contributed by atoms with Crippen molar-refractivity contribution in [1.82, 2.24) is 5.32 Å². The minimum absolute atomic E-state index is 0.130. The molecule has 2 aromatic carbocycles. The zero-order valence-electron chi connectivity index (χ0n) is 13.6. The number of nitro groups is 1. The molecule has 0 bridgehead atoms. The Morgan fingerprint density at radius 1 is 1.20 bits per heavy atom. The van der Waals surface area contributed by atoms with Gasteiger partial charge < -0.3 is 10.6 Å². The lowest BCUT2D eigenvalue weighted by Crippen LogP contribution is -2.22. The largest absolute Gasteiger partial charge is 0.352 e. The molecule has 0 spiro atoms. The van der Waals surface area contributed by atoms with Crippen molar-refractivity contribution in [2.45, 2.75) is 11.8 Å². The number of nitrogens with zero attached hydrogens (tertiary/aromatic N) is 1. The van der Waals surface area contributed by atoms with E-state index in [1.165, 1.54) is 12.1 Å². The van der Waals surface area contributed by atoms with Crippen molar-refractivity contribution in [2.75, 3.05) is 18.1 Å². The molecule has 1 amide bonds. The first kappa shape index (κ1) is 18.4. The van der Waals surface area contributed by atoms with E-state index in [0.29, 0.717) is 17.8 Å². The number of carbonyl (C=O) groups excluding carboxylic acids is 1. The Balaban J connectivity index is 2.39. The van der Waals surface area contributed by atoms with Crippen LogP contribution in [0.25, 0.3) is 0 Å². The molecule has 0 unspecified atom stereocenters. The molecule has 0 radical (unpaired) electrons. The van der Waals surface area contributed by atoms with Gasteiger partial charge in [0.1, 0.15) is 5.69 Å². The van der Waals surface area contributed by atoms with Gasteiger partial charge in [-0.15, -0.1) is 0 Å². The van der Waals surface area contributed by atoms with Crippen molar-refractivity contribution in [3.8, 4) is 0 Å². The van der Waals surface area contributed by atoms with E-state index in [-0.39, 0.29) is 22.2 Å². The maximum absolute atomic E-state index is 11.9. The van der Waals surface area contributed by atoms with Crippen LogP contribution >= 0.6 is 0 Å². The van der Waals surface area contributed by atoms with Crippen molar-refractivity contribution in [2.24, 2.45) is 0 Å². The van der Waals surface area contributed by atoms with Gasteiger partial charge in [0, 0.05) is 30.1 Å². The zero-order valence-corrected chi connectivity index (χ0v) is 14.5. The Hall–Kier alpha value is -2.94. The summed E-state index contributed by atoms with van der Waals surface area (Å²) in [5.41, 5.74) is 0.637. The molecule has 0 saturated heterocycles. The standard InChI is InChI=1S/C16H17N3O5S/c1-3-17-16(20)11-5-4-6-12(9-11)18-14-8-7-13(25(2,23)24)10-15(14)19(21)22/h4-10,18H,3H2,1-2H3,(H,17,20). The van der Waals surface area contributed by atoms with E-state index in [1.54, 1.807) is 31.2 Å². The Bertz CT molecular complexity index is 925. The van der Waals surface area contributed by atoms with Gasteiger partial charge in [0.15, 0.2) is 9.84 Å². The summed E-state index contributed by atoms with van der Waals surface area (Å²) in [6.07, 6.45) is 0.981. The van der Waals surface area contributed by atoms with Crippen molar-refractivity contribution >= 4 is 32.8 Å². The second-order valence-corrected chi connectivity index (χ2v) is 7.29. The highest BCUT2D eigenvalue weighted by Gasteiger charge is 2.19. The maximum atomic E-state index is 11.9. The number of sulfone groups is 1. The molecular weight excluding hydrogens is 346 g/mol. The smallest absolute Gasteiger partial charge is 0.293 e. The molecular formula is C16H17N3O5S. The molecule has 0 saturated carbocycles. The fourth-order valence-corrected chi connectivity index (χ4v) is 2.80. The predicted molar refractivity (Wildman–Crippen MR) is 93.9 cm³/mol. The van der Waals surface area contributed by atoms with Gasteiger partial charge >= 0.3 is 0 Å². The van der Waals surface area contributed by atoms with Crippen LogP contribution in [0.15, 0.2) is 47.4 Å². The van der Waals surface area contributed by atoms with Gasteiger partial charge in [-0.3, -0.25) is 14.9 Å². The van der Waals surface area contributed by atoms with Gasteiger partial charge in [0.25, 0.3) is 11.6 Å². The Kier molecular flexibility index (Phi) is 5.38. The summed E-state index contributed by atoms with van der Waals surface area (Å²) in [5, 5.41) is 16.8. The number of hydrogen-bond acceptors (Lipinski definition) is 6. The first-order chi connectivity index (χ1) is 11.7. The number of nitro benzene ring substituents is 1. The SMILES string of the molecule is CCNC(=O)c1cccc(Nc2ccc(S(C)(=O)=O)cc2[N+](=O)[O-])c1. The molecule has 0 heterocycles. The Labute approximate surface area is 144 Å². The van der Waals surface area contributed by atoms with E-state index < -0.39 is 14.8 Å². The van der Waals surface area contributed by atoms with Gasteiger partial charge in [0.05, 0.1) is 9.82 Å². The van der Waals surface area contributed by atoms with E-state index in [1.807, 2.05) is 0 Å². The molecule has 0 fully saturated rings. The van der Waals surface area contributed by atoms with Crippen molar-refractivity contribution in [3.63, 3.8) is 0 Å². The number of amides is 1. The van der Waals surface area contributed by atoms with E-state index in [0.717, 1.165) is 12.3 Å². The summed E-state index contributed by atoms with van der Waals surface area (Å²) in [4.78, 5) is 22.3. The van der Waals surface area contributed by atoms with Gasteiger partial charge in [-0.2, -0.15) is 0 Å². The molecule has 2 N–H and O–H groups in total. The molecule has 0 aromatic heterocycles. The first-order valence-corrected chi connectivity index (χ1v) is 9.25. The second kappa shape index (κ2) is 7.31. The average molecular weight is 363 g/mol. The van der Waals surface area contributed by atoms with Crippen LogP contribution in [0.3, 0.4) is 0 Å². The third-order valence-corrected chi connectivity index (χ3v) is 4.45. The maximum Gasteiger partial charge on any atom is 0.293 e. The van der Waals surface area contributed by atoms with E-state index in [9.17, 15) is 23.3 Å². The first-order valence-electron chi connectivity index (χ1n) is 7.36. The highest BCUT2D eigenvalue weighted by atomic mass is 32.2. The molecule has 25 heavy (non-hydrogen) atoms. The number of nitrogens with one attached hydrogen (secondary N) is 2. The second-order valence-electron chi connectivity index (χ2n) is 5.27. The van der Waals surface area contributed by atoms with Crippen LogP contribution in [0.1, 0.15) is 17.3 Å². The number of anilines is 2. The quantitative estimate of drug-likeness (QED) is 0.601. The van der Waals surface area contributed by atoms with Crippen LogP contribution in [-0.4, -0.2) is 32.0 Å². The average Bonchev–Trinajstić information content (AvgIpc) is 2.54. The fourth-order valence-electron chi connectivity index (χ4n) is 2.16. The van der Waals surface area contributed by atoms with Gasteiger partial charge in [-0.05, 0) is 37.3 Å². The van der Waals surface area contributed by atoms with Crippen LogP contribution < -0.4 is 10.6 Å². The highest BCUT2D eigenvalue weighted by molar-refractivity contribution is 7.90. The predicted octanol–water partition coefficient (Wildman–Crippen LogP) is 2.49. The normalized spacial score (nSPS) is 11.0. The molecule has 132 valence electrons. The summed E-state index contributed by atoms with van der Waals surface area (Å²) >= 11 is 0. The number of benzene rings is 2. The molecule has 0 aliphatic carbocycles. The lowest BCUT2D eigenvalue weighted by molar-refractivity contribution is -0.384. The number of hydrogen-bond donors (Lipinski definition) is 2. The van der Waals surface area contributed by atoms with Gasteiger partial charge in [-0.25, -0.2) is 8.42 Å². The number of carbonyl (C=O) groups is 1. The summed E-state index contributed by atoms with van der Waals surface area (Å²) in [7, 11) is -3.56. The fraction of sp³-hybridized carbons (Fsp3) is 0.188. The van der Waals surface area contributed by atoms with Crippen LogP contribution in [-0.2, 0) is 9.84 Å². The summed E-state index contributed by atoms with van der Waals surface area (Å²) in [6, 6.07) is 10.1. The van der Waals surface area contributed by atoms with Crippen LogP contribution in [0, 0.1) is 10.1 Å². The summed E-state index contributed by atoms with van der Waals surface area (Å²) < 4.78 is 23.1. The third-order valence-electron chi connectivity index (χ3n) is 3.34. The Morgan fingerprint density at radius 3 is 2.52 bits per heavy atom. The van der Waals surface area contributed by atoms with Crippen molar-refractivity contribution < 1.29 is 18.1 Å². The van der Waals surface area contributed by atoms with E-state index >= 15 is 0 Å². The molecule has 0 aliphatic rings. The highest BCUT2D eigenvalue weighted by Crippen LogP contribution is 2.30. The monoisotopic (exact) mass is 363 g/mol. The van der Waals surface area contributed by atoms with E-state index in [4.69, 9.17) is 0 Å². The van der Waals surface area contributed by atoms with Crippen molar-refractivity contribution in [1.29, 1.82) is 0 Å². The van der Waals surface area contributed by atoms with Crippen LogP contribution in [0.2, 0.25) is 0 Å². The lowest BCUT2D eigenvalue weighted by Gasteiger charge is -2.10. The molecule has 0 aliphatic heterocycles.